The summed E-state index contributed by atoms with van der Waals surface area (Å²) in [6.07, 6.45) is 2.29. The largest absolute Gasteiger partial charge is 0.481 e. The van der Waals surface area contributed by atoms with Crippen molar-refractivity contribution in [1.82, 2.24) is 16.2 Å². The molecule has 1 amide bonds. The topological polar surface area (TPSA) is 62.4 Å². The minimum atomic E-state index is -0.739. The van der Waals surface area contributed by atoms with Crippen molar-refractivity contribution in [3.8, 4) is 5.75 Å². The Labute approximate surface area is 139 Å². The summed E-state index contributed by atoms with van der Waals surface area (Å²) in [7, 11) is 0. The molecule has 0 aromatic heterocycles. The van der Waals surface area contributed by atoms with Crippen LogP contribution in [-0.2, 0) is 4.79 Å². The van der Waals surface area contributed by atoms with Crippen molar-refractivity contribution in [2.45, 2.75) is 19.4 Å². The normalized spacial score (nSPS) is 11.4. The summed E-state index contributed by atoms with van der Waals surface area (Å²) in [6.45, 7) is 2.33. The highest BCUT2D eigenvalue weighted by Crippen LogP contribution is 2.12. The molecule has 8 heteroatoms. The van der Waals surface area contributed by atoms with Crippen LogP contribution in [0.2, 0.25) is 0 Å². The third-order valence-electron chi connectivity index (χ3n) is 2.61. The summed E-state index contributed by atoms with van der Waals surface area (Å²) in [5.74, 6) is 0.730. The number of nitrogens with one attached hydrogen (secondary N) is 3. The summed E-state index contributed by atoms with van der Waals surface area (Å²) in [6, 6.07) is 5.46. The molecule has 22 heavy (non-hydrogen) atoms. The number of halogens is 1. The number of thiocarbonyl (C=S) groups is 1. The number of hydrogen-bond donors (Lipinski definition) is 3. The van der Waals surface area contributed by atoms with Gasteiger partial charge in [0.1, 0.15) is 11.6 Å². The van der Waals surface area contributed by atoms with E-state index in [1.165, 1.54) is 24.3 Å². The monoisotopic (exact) mass is 345 g/mol. The van der Waals surface area contributed by atoms with E-state index in [4.69, 9.17) is 17.0 Å². The second-order valence-corrected chi connectivity index (χ2v) is 5.82. The maximum absolute atomic E-state index is 12.8. The van der Waals surface area contributed by atoms with Crippen LogP contribution in [0.3, 0.4) is 0 Å². The number of hydrogen-bond acceptors (Lipinski definition) is 4. The molecule has 1 aromatic rings. The van der Waals surface area contributed by atoms with Gasteiger partial charge in [0, 0.05) is 6.54 Å². The molecule has 0 saturated heterocycles. The van der Waals surface area contributed by atoms with Gasteiger partial charge in [-0.05, 0) is 61.8 Å². The SMILES string of the molecule is CSCCCNC(=S)NNC(=O)[C@H](C)Oc1ccc(F)cc1. The highest BCUT2D eigenvalue weighted by atomic mass is 32.2. The second kappa shape index (κ2) is 10.2. The van der Waals surface area contributed by atoms with Crippen LogP contribution in [0.4, 0.5) is 4.39 Å². The number of ether oxygens (including phenoxy) is 1. The molecule has 0 aliphatic heterocycles. The minimum absolute atomic E-state index is 0.350. The van der Waals surface area contributed by atoms with Gasteiger partial charge < -0.3 is 10.1 Å². The molecule has 122 valence electrons. The van der Waals surface area contributed by atoms with E-state index in [0.29, 0.717) is 10.9 Å². The zero-order valence-corrected chi connectivity index (χ0v) is 14.2. The lowest BCUT2D eigenvalue weighted by atomic mass is 10.3. The molecule has 1 aromatic carbocycles. The first-order chi connectivity index (χ1) is 10.5. The van der Waals surface area contributed by atoms with Crippen LogP contribution in [0.15, 0.2) is 24.3 Å². The van der Waals surface area contributed by atoms with Crippen LogP contribution in [0.1, 0.15) is 13.3 Å². The van der Waals surface area contributed by atoms with Crippen LogP contribution in [0.25, 0.3) is 0 Å². The summed E-state index contributed by atoms with van der Waals surface area (Å²) in [5, 5.41) is 3.33. The molecule has 0 unspecified atom stereocenters. The first-order valence-electron chi connectivity index (χ1n) is 6.77. The Bertz CT molecular complexity index is 485. The lowest BCUT2D eigenvalue weighted by molar-refractivity contribution is -0.127. The predicted octanol–water partition coefficient (Wildman–Crippen LogP) is 1.84. The quantitative estimate of drug-likeness (QED) is 0.398. The first-order valence-corrected chi connectivity index (χ1v) is 8.58. The Morgan fingerprint density at radius 3 is 2.68 bits per heavy atom. The fourth-order valence-electron chi connectivity index (χ4n) is 1.45. The highest BCUT2D eigenvalue weighted by Gasteiger charge is 2.14. The van der Waals surface area contributed by atoms with Gasteiger partial charge in [-0.1, -0.05) is 0 Å². The van der Waals surface area contributed by atoms with Gasteiger partial charge >= 0.3 is 0 Å². The molecular formula is C14H20FN3O2S2. The van der Waals surface area contributed by atoms with E-state index in [2.05, 4.69) is 16.2 Å². The van der Waals surface area contributed by atoms with Crippen molar-refractivity contribution >= 4 is 35.0 Å². The predicted molar refractivity (Wildman–Crippen MR) is 91.4 cm³/mol. The van der Waals surface area contributed by atoms with E-state index in [9.17, 15) is 9.18 Å². The smallest absolute Gasteiger partial charge is 0.279 e. The maximum Gasteiger partial charge on any atom is 0.279 e. The summed E-state index contributed by atoms with van der Waals surface area (Å²) in [5.41, 5.74) is 5.07. The number of amides is 1. The molecule has 3 N–H and O–H groups in total. The van der Waals surface area contributed by atoms with Gasteiger partial charge in [0.05, 0.1) is 0 Å². The maximum atomic E-state index is 12.8. The number of carbonyl (C=O) groups is 1. The van der Waals surface area contributed by atoms with Crippen LogP contribution >= 0.6 is 24.0 Å². The molecule has 0 aliphatic carbocycles. The third-order valence-corrected chi connectivity index (χ3v) is 3.55. The Hall–Kier alpha value is -1.54. The summed E-state index contributed by atoms with van der Waals surface area (Å²) in [4.78, 5) is 11.8. The Kier molecular flexibility index (Phi) is 8.61. The standard InChI is InChI=1S/C14H20FN3O2S2/c1-10(20-12-6-4-11(15)5-7-12)13(19)17-18-14(21)16-8-3-9-22-2/h4-7,10H,3,8-9H2,1-2H3,(H,17,19)(H2,16,18,21)/t10-/m0/s1. The fraction of sp³-hybridized carbons (Fsp3) is 0.429. The zero-order valence-electron chi connectivity index (χ0n) is 12.5. The number of carbonyl (C=O) groups excluding carboxylic acids is 1. The Balaban J connectivity index is 2.26. The van der Waals surface area contributed by atoms with Gasteiger partial charge in [0.25, 0.3) is 5.91 Å². The molecule has 0 heterocycles. The Morgan fingerprint density at radius 2 is 2.05 bits per heavy atom. The van der Waals surface area contributed by atoms with E-state index >= 15 is 0 Å². The van der Waals surface area contributed by atoms with Gasteiger partial charge in [-0.25, -0.2) is 4.39 Å². The van der Waals surface area contributed by atoms with Crippen molar-refractivity contribution in [2.24, 2.45) is 0 Å². The van der Waals surface area contributed by atoms with Gasteiger partial charge in [-0.3, -0.25) is 15.6 Å². The molecular weight excluding hydrogens is 325 g/mol. The van der Waals surface area contributed by atoms with Crippen LogP contribution in [0.5, 0.6) is 5.75 Å². The van der Waals surface area contributed by atoms with Crippen molar-refractivity contribution < 1.29 is 13.9 Å². The lowest BCUT2D eigenvalue weighted by Crippen LogP contribution is -2.50. The summed E-state index contributed by atoms with van der Waals surface area (Å²) < 4.78 is 18.2. The number of benzene rings is 1. The average molecular weight is 345 g/mol. The van der Waals surface area contributed by atoms with E-state index < -0.39 is 6.10 Å². The van der Waals surface area contributed by atoms with Gasteiger partial charge in [0.15, 0.2) is 11.2 Å². The van der Waals surface area contributed by atoms with Crippen LogP contribution < -0.4 is 20.9 Å². The summed E-state index contributed by atoms with van der Waals surface area (Å²) >= 11 is 6.79. The van der Waals surface area contributed by atoms with Gasteiger partial charge in [0.2, 0.25) is 0 Å². The van der Waals surface area contributed by atoms with Crippen molar-refractivity contribution in [2.75, 3.05) is 18.6 Å². The van der Waals surface area contributed by atoms with Crippen molar-refractivity contribution in [3.05, 3.63) is 30.1 Å². The molecule has 1 atom stereocenters. The molecule has 0 radical (unpaired) electrons. The molecule has 0 bridgehead atoms. The van der Waals surface area contributed by atoms with Crippen molar-refractivity contribution in [3.63, 3.8) is 0 Å². The van der Waals surface area contributed by atoms with E-state index in [-0.39, 0.29) is 11.7 Å². The fourth-order valence-corrected chi connectivity index (χ4v) is 2.04. The number of rotatable bonds is 7. The van der Waals surface area contributed by atoms with E-state index in [1.807, 2.05) is 6.26 Å². The van der Waals surface area contributed by atoms with Gasteiger partial charge in [-0.15, -0.1) is 0 Å². The molecule has 1 rings (SSSR count). The highest BCUT2D eigenvalue weighted by molar-refractivity contribution is 7.98. The van der Waals surface area contributed by atoms with Crippen molar-refractivity contribution in [1.29, 1.82) is 0 Å². The molecule has 0 fully saturated rings. The zero-order chi connectivity index (χ0) is 16.4. The lowest BCUT2D eigenvalue weighted by Gasteiger charge is -2.16. The first kappa shape index (κ1) is 18.5. The average Bonchev–Trinajstić information content (AvgIpc) is 2.51. The third kappa shape index (κ3) is 7.46. The van der Waals surface area contributed by atoms with Gasteiger partial charge in [-0.2, -0.15) is 11.8 Å². The van der Waals surface area contributed by atoms with E-state index in [1.54, 1.807) is 18.7 Å². The Morgan fingerprint density at radius 1 is 1.36 bits per heavy atom. The number of thioether (sulfide) groups is 1. The molecule has 5 nitrogen and oxygen atoms in total. The second-order valence-electron chi connectivity index (χ2n) is 4.43. The molecule has 0 aliphatic rings. The molecule has 0 spiro atoms. The van der Waals surface area contributed by atoms with Crippen LogP contribution in [-0.4, -0.2) is 35.7 Å². The number of hydrazine groups is 1. The van der Waals surface area contributed by atoms with E-state index in [0.717, 1.165) is 18.7 Å². The molecule has 0 saturated carbocycles. The van der Waals surface area contributed by atoms with Crippen LogP contribution in [0, 0.1) is 5.82 Å². The minimum Gasteiger partial charge on any atom is -0.481 e.